The maximum absolute atomic E-state index is 12.6. The van der Waals surface area contributed by atoms with Crippen LogP contribution in [0, 0.1) is 17.8 Å². The van der Waals surface area contributed by atoms with Gasteiger partial charge in [-0.05, 0) is 44.4 Å². The minimum atomic E-state index is -0.269. The number of amides is 1. The van der Waals surface area contributed by atoms with Crippen molar-refractivity contribution >= 4 is 5.91 Å². The van der Waals surface area contributed by atoms with Crippen LogP contribution in [0.4, 0.5) is 0 Å². The second-order valence-corrected chi connectivity index (χ2v) is 8.07. The van der Waals surface area contributed by atoms with Crippen LogP contribution >= 0.6 is 0 Å². The normalized spacial score (nSPS) is 40.4. The topological polar surface area (TPSA) is 59.0 Å². The molecular formula is C18H29NO4. The highest BCUT2D eigenvalue weighted by Gasteiger charge is 2.49. The summed E-state index contributed by atoms with van der Waals surface area (Å²) in [6.07, 6.45) is 7.00. The minimum absolute atomic E-state index is 0.0334. The van der Waals surface area contributed by atoms with E-state index in [1.807, 2.05) is 4.90 Å². The Kier molecular flexibility index (Phi) is 4.37. The zero-order valence-electron chi connectivity index (χ0n) is 13.9. The van der Waals surface area contributed by atoms with Gasteiger partial charge in [-0.3, -0.25) is 4.79 Å². The molecule has 0 aromatic carbocycles. The van der Waals surface area contributed by atoms with Crippen LogP contribution in [0.3, 0.4) is 0 Å². The Balaban J connectivity index is 1.35. The third-order valence-electron chi connectivity index (χ3n) is 6.25. The van der Waals surface area contributed by atoms with Gasteiger partial charge in [0.05, 0.1) is 31.5 Å². The van der Waals surface area contributed by atoms with E-state index in [-0.39, 0.29) is 23.5 Å². The van der Waals surface area contributed by atoms with Gasteiger partial charge in [0.2, 0.25) is 5.91 Å². The molecule has 4 fully saturated rings. The van der Waals surface area contributed by atoms with E-state index in [9.17, 15) is 9.90 Å². The zero-order valence-corrected chi connectivity index (χ0v) is 13.9. The monoisotopic (exact) mass is 323 g/mol. The van der Waals surface area contributed by atoms with Crippen molar-refractivity contribution in [2.45, 2.75) is 56.7 Å². The summed E-state index contributed by atoms with van der Waals surface area (Å²) in [5, 5.41) is 9.45. The summed E-state index contributed by atoms with van der Waals surface area (Å²) in [6.45, 7) is 3.73. The van der Waals surface area contributed by atoms with E-state index in [0.29, 0.717) is 31.9 Å². The third-order valence-corrected chi connectivity index (χ3v) is 6.25. The number of carbonyl (C=O) groups is 1. The Hall–Kier alpha value is -0.650. The molecule has 3 saturated carbocycles. The van der Waals surface area contributed by atoms with E-state index >= 15 is 0 Å². The van der Waals surface area contributed by atoms with Gasteiger partial charge in [-0.25, -0.2) is 0 Å². The van der Waals surface area contributed by atoms with Crippen molar-refractivity contribution in [1.29, 1.82) is 0 Å². The summed E-state index contributed by atoms with van der Waals surface area (Å²) in [6, 6.07) is 0. The van der Waals surface area contributed by atoms with Crippen LogP contribution < -0.4 is 0 Å². The van der Waals surface area contributed by atoms with Gasteiger partial charge in [0, 0.05) is 25.0 Å². The number of ether oxygens (including phenoxy) is 2. The van der Waals surface area contributed by atoms with Crippen molar-refractivity contribution in [3.63, 3.8) is 0 Å². The Morgan fingerprint density at radius 3 is 2.83 bits per heavy atom. The van der Waals surface area contributed by atoms with E-state index in [1.165, 1.54) is 19.3 Å². The summed E-state index contributed by atoms with van der Waals surface area (Å²) in [5.41, 5.74) is -0.181. The molecule has 130 valence electrons. The molecule has 4 rings (SSSR count). The molecule has 1 heterocycles. The second kappa shape index (κ2) is 6.34. The molecule has 0 radical (unpaired) electrons. The highest BCUT2D eigenvalue weighted by molar-refractivity contribution is 5.80. The number of hydrogen-bond acceptors (Lipinski definition) is 4. The Bertz CT molecular complexity index is 446. The van der Waals surface area contributed by atoms with Crippen molar-refractivity contribution in [2.24, 2.45) is 17.8 Å². The lowest BCUT2D eigenvalue weighted by molar-refractivity contribution is -0.169. The molecule has 1 N–H and O–H groups in total. The summed E-state index contributed by atoms with van der Waals surface area (Å²) in [7, 11) is 0. The van der Waals surface area contributed by atoms with E-state index in [2.05, 4.69) is 0 Å². The summed E-state index contributed by atoms with van der Waals surface area (Å²) in [5.74, 6) is 1.47. The van der Waals surface area contributed by atoms with Gasteiger partial charge in [-0.15, -0.1) is 0 Å². The fourth-order valence-corrected chi connectivity index (χ4v) is 4.45. The van der Waals surface area contributed by atoms with Crippen LogP contribution in [-0.4, -0.2) is 60.5 Å². The second-order valence-electron chi connectivity index (χ2n) is 8.07. The molecule has 3 aliphatic carbocycles. The van der Waals surface area contributed by atoms with E-state index in [0.717, 1.165) is 38.5 Å². The van der Waals surface area contributed by atoms with Crippen LogP contribution in [0.2, 0.25) is 0 Å². The fraction of sp³-hybridized carbons (Fsp3) is 0.944. The van der Waals surface area contributed by atoms with Gasteiger partial charge in [0.1, 0.15) is 0 Å². The van der Waals surface area contributed by atoms with E-state index < -0.39 is 0 Å². The lowest BCUT2D eigenvalue weighted by atomic mass is 9.80. The highest BCUT2D eigenvalue weighted by atomic mass is 16.5. The SMILES string of the molecule is O=C(C1CC(O)C1)N1CCO[C@]2(CCC[C@H]2COCC2CC2)C1. The minimum Gasteiger partial charge on any atom is -0.393 e. The van der Waals surface area contributed by atoms with E-state index in [4.69, 9.17) is 9.47 Å². The van der Waals surface area contributed by atoms with Gasteiger partial charge in [0.25, 0.3) is 0 Å². The lowest BCUT2D eigenvalue weighted by Crippen LogP contribution is -2.58. The standard InChI is InChI=1S/C18H29NO4/c20-16-8-14(9-16)17(21)19-6-7-23-18(12-19)5-1-2-15(18)11-22-10-13-3-4-13/h13-16,20H,1-12H2/t14?,15-,16?,18+/m0/s1. The lowest BCUT2D eigenvalue weighted by Gasteiger charge is -2.46. The first-order valence-electron chi connectivity index (χ1n) is 9.35. The van der Waals surface area contributed by atoms with Crippen molar-refractivity contribution in [3.05, 3.63) is 0 Å². The smallest absolute Gasteiger partial charge is 0.226 e. The van der Waals surface area contributed by atoms with Gasteiger partial charge in [0.15, 0.2) is 0 Å². The molecule has 0 unspecified atom stereocenters. The van der Waals surface area contributed by atoms with Gasteiger partial charge >= 0.3 is 0 Å². The molecule has 0 aromatic rings. The van der Waals surface area contributed by atoms with Crippen LogP contribution in [0.1, 0.15) is 44.9 Å². The third kappa shape index (κ3) is 3.28. The number of hydrogen-bond donors (Lipinski definition) is 1. The van der Waals surface area contributed by atoms with Crippen molar-refractivity contribution in [2.75, 3.05) is 32.9 Å². The number of nitrogens with zero attached hydrogens (tertiary/aromatic N) is 1. The van der Waals surface area contributed by atoms with Gasteiger partial charge in [-0.2, -0.15) is 0 Å². The zero-order chi connectivity index (χ0) is 15.9. The predicted octanol–water partition coefficient (Wildman–Crippen LogP) is 1.58. The number of morpholine rings is 1. The molecule has 1 aliphatic heterocycles. The average molecular weight is 323 g/mol. The number of rotatable bonds is 5. The maximum atomic E-state index is 12.6. The Morgan fingerprint density at radius 2 is 2.09 bits per heavy atom. The molecule has 0 bridgehead atoms. The molecule has 1 amide bonds. The highest BCUT2D eigenvalue weighted by Crippen LogP contribution is 2.42. The molecule has 4 aliphatic rings. The Labute approximate surface area is 138 Å². The molecule has 0 aromatic heterocycles. The van der Waals surface area contributed by atoms with Crippen molar-refractivity contribution in [3.8, 4) is 0 Å². The quantitative estimate of drug-likeness (QED) is 0.834. The van der Waals surface area contributed by atoms with Gasteiger partial charge < -0.3 is 19.5 Å². The summed E-state index contributed by atoms with van der Waals surface area (Å²) >= 11 is 0. The molecule has 5 heteroatoms. The first-order valence-corrected chi connectivity index (χ1v) is 9.35. The molecule has 5 nitrogen and oxygen atoms in total. The van der Waals surface area contributed by atoms with Crippen LogP contribution in [0.25, 0.3) is 0 Å². The van der Waals surface area contributed by atoms with Crippen LogP contribution in [-0.2, 0) is 14.3 Å². The average Bonchev–Trinajstić information content (AvgIpc) is 3.27. The summed E-state index contributed by atoms with van der Waals surface area (Å²) in [4.78, 5) is 14.6. The first kappa shape index (κ1) is 15.9. The van der Waals surface area contributed by atoms with Crippen molar-refractivity contribution < 1.29 is 19.4 Å². The first-order chi connectivity index (χ1) is 11.2. The molecule has 2 atom stereocenters. The maximum Gasteiger partial charge on any atom is 0.226 e. The Morgan fingerprint density at radius 1 is 1.26 bits per heavy atom. The fourth-order valence-electron chi connectivity index (χ4n) is 4.45. The number of aliphatic hydroxyl groups excluding tert-OH is 1. The molecule has 23 heavy (non-hydrogen) atoms. The van der Waals surface area contributed by atoms with Gasteiger partial charge in [-0.1, -0.05) is 6.42 Å². The molecule has 1 spiro atoms. The van der Waals surface area contributed by atoms with Crippen LogP contribution in [0.15, 0.2) is 0 Å². The summed E-state index contributed by atoms with van der Waals surface area (Å²) < 4.78 is 12.2. The number of aliphatic hydroxyl groups is 1. The van der Waals surface area contributed by atoms with Crippen LogP contribution in [0.5, 0.6) is 0 Å². The van der Waals surface area contributed by atoms with Crippen molar-refractivity contribution in [1.82, 2.24) is 4.90 Å². The molecular weight excluding hydrogens is 294 g/mol. The predicted molar refractivity (Wildman–Crippen MR) is 84.9 cm³/mol. The number of carbonyl (C=O) groups excluding carboxylic acids is 1. The molecule has 1 saturated heterocycles. The van der Waals surface area contributed by atoms with E-state index in [1.54, 1.807) is 0 Å². The largest absolute Gasteiger partial charge is 0.393 e.